The van der Waals surface area contributed by atoms with E-state index in [4.69, 9.17) is 10.00 Å². The molecule has 0 amide bonds. The van der Waals surface area contributed by atoms with Crippen LogP contribution in [0.15, 0.2) is 41.4 Å². The van der Waals surface area contributed by atoms with Gasteiger partial charge in [-0.1, -0.05) is 6.07 Å². The molecule has 2 fully saturated rings. The molecule has 2 aromatic rings. The molecule has 1 aromatic heterocycles. The SMILES string of the molecule is N#Cc1cc(CNC2CCC(NS(=O)(=O)c3ccc(N4CCOCC4)nc3)CC2)ccc1F. The smallest absolute Gasteiger partial charge is 0.242 e. The van der Waals surface area contributed by atoms with Crippen LogP contribution in [0.2, 0.25) is 0 Å². The molecule has 1 aliphatic carbocycles. The predicted octanol–water partition coefficient (Wildman–Crippen LogP) is 2.31. The average Bonchev–Trinajstić information content (AvgIpc) is 2.85. The Morgan fingerprint density at radius 3 is 2.52 bits per heavy atom. The van der Waals surface area contributed by atoms with Gasteiger partial charge in [0.1, 0.15) is 22.6 Å². The van der Waals surface area contributed by atoms with E-state index < -0.39 is 15.8 Å². The number of morpholine rings is 1. The summed E-state index contributed by atoms with van der Waals surface area (Å²) in [5.74, 6) is 0.242. The molecule has 10 heteroatoms. The van der Waals surface area contributed by atoms with Crippen LogP contribution in [0.3, 0.4) is 0 Å². The van der Waals surface area contributed by atoms with E-state index in [1.54, 1.807) is 24.3 Å². The van der Waals surface area contributed by atoms with Crippen LogP contribution in [0.1, 0.15) is 36.8 Å². The van der Waals surface area contributed by atoms with E-state index in [1.807, 2.05) is 6.07 Å². The molecule has 2 aliphatic rings. The summed E-state index contributed by atoms with van der Waals surface area (Å²) < 4.78 is 47.2. The van der Waals surface area contributed by atoms with Crippen LogP contribution in [-0.2, 0) is 21.3 Å². The molecule has 0 spiro atoms. The molecule has 1 saturated carbocycles. The third-order valence-corrected chi connectivity index (χ3v) is 7.67. The molecule has 2 heterocycles. The van der Waals surface area contributed by atoms with E-state index in [1.165, 1.54) is 12.3 Å². The Kier molecular flexibility index (Phi) is 7.55. The highest BCUT2D eigenvalue weighted by Gasteiger charge is 2.26. The summed E-state index contributed by atoms with van der Waals surface area (Å²) in [6, 6.07) is 9.86. The first-order valence-electron chi connectivity index (χ1n) is 11.2. The highest BCUT2D eigenvalue weighted by Crippen LogP contribution is 2.22. The van der Waals surface area contributed by atoms with Gasteiger partial charge in [0.05, 0.1) is 18.8 Å². The number of nitriles is 1. The van der Waals surface area contributed by atoms with Gasteiger partial charge < -0.3 is 15.0 Å². The zero-order valence-electron chi connectivity index (χ0n) is 18.3. The fourth-order valence-corrected chi connectivity index (χ4v) is 5.49. The Morgan fingerprint density at radius 1 is 1.12 bits per heavy atom. The third-order valence-electron chi connectivity index (χ3n) is 6.16. The van der Waals surface area contributed by atoms with Gasteiger partial charge in [0.25, 0.3) is 0 Å². The molecule has 4 rings (SSSR count). The average molecular weight is 474 g/mol. The van der Waals surface area contributed by atoms with Gasteiger partial charge in [-0.05, 0) is 55.5 Å². The Hall–Kier alpha value is -2.58. The summed E-state index contributed by atoms with van der Waals surface area (Å²) in [5, 5.41) is 12.4. The molecule has 1 aliphatic heterocycles. The van der Waals surface area contributed by atoms with Crippen LogP contribution in [0.4, 0.5) is 10.2 Å². The van der Waals surface area contributed by atoms with Crippen molar-refractivity contribution in [1.82, 2.24) is 15.0 Å². The summed E-state index contributed by atoms with van der Waals surface area (Å²) in [5.41, 5.74) is 0.892. The van der Waals surface area contributed by atoms with Crippen molar-refractivity contribution in [3.63, 3.8) is 0 Å². The van der Waals surface area contributed by atoms with E-state index in [9.17, 15) is 12.8 Å². The van der Waals surface area contributed by atoms with Crippen molar-refractivity contribution < 1.29 is 17.5 Å². The second-order valence-corrected chi connectivity index (χ2v) is 10.1. The molecule has 33 heavy (non-hydrogen) atoms. The Balaban J connectivity index is 1.26. The summed E-state index contributed by atoms with van der Waals surface area (Å²) in [6.07, 6.45) is 4.52. The topological polar surface area (TPSA) is 107 Å². The highest BCUT2D eigenvalue weighted by molar-refractivity contribution is 7.89. The van der Waals surface area contributed by atoms with E-state index in [-0.39, 0.29) is 22.5 Å². The molecule has 8 nitrogen and oxygen atoms in total. The summed E-state index contributed by atoms with van der Waals surface area (Å²) >= 11 is 0. The molecule has 0 bridgehead atoms. The zero-order chi connectivity index (χ0) is 23.3. The van der Waals surface area contributed by atoms with Crippen LogP contribution in [0.5, 0.6) is 0 Å². The van der Waals surface area contributed by atoms with Crippen molar-refractivity contribution >= 4 is 15.8 Å². The molecular formula is C23H28FN5O3S. The minimum atomic E-state index is -3.63. The lowest BCUT2D eigenvalue weighted by Gasteiger charge is -2.30. The second kappa shape index (κ2) is 10.6. The molecule has 176 valence electrons. The lowest BCUT2D eigenvalue weighted by Crippen LogP contribution is -2.42. The number of benzene rings is 1. The summed E-state index contributed by atoms with van der Waals surface area (Å²) in [4.78, 5) is 6.59. The highest BCUT2D eigenvalue weighted by atomic mass is 32.2. The number of hydrogen-bond donors (Lipinski definition) is 2. The van der Waals surface area contributed by atoms with Crippen LogP contribution >= 0.6 is 0 Å². The fourth-order valence-electron chi connectivity index (χ4n) is 4.24. The normalized spacial score (nSPS) is 21.5. The van der Waals surface area contributed by atoms with Crippen molar-refractivity contribution in [3.8, 4) is 6.07 Å². The van der Waals surface area contributed by atoms with E-state index in [0.717, 1.165) is 50.2 Å². The molecule has 0 atom stereocenters. The van der Waals surface area contributed by atoms with Crippen molar-refractivity contribution in [2.45, 2.75) is 49.2 Å². The lowest BCUT2D eigenvalue weighted by atomic mass is 9.91. The maximum absolute atomic E-state index is 13.5. The van der Waals surface area contributed by atoms with Gasteiger partial charge in [-0.15, -0.1) is 0 Å². The number of nitrogens with one attached hydrogen (secondary N) is 2. The van der Waals surface area contributed by atoms with Crippen molar-refractivity contribution in [1.29, 1.82) is 5.26 Å². The van der Waals surface area contributed by atoms with Gasteiger partial charge in [-0.3, -0.25) is 0 Å². The van der Waals surface area contributed by atoms with Gasteiger partial charge in [-0.2, -0.15) is 5.26 Å². The standard InChI is InChI=1S/C23H28FN5O3S/c24-22-7-1-17(13-18(22)14-25)15-26-19-2-4-20(5-3-19)28-33(30,31)21-6-8-23(27-16-21)29-9-11-32-12-10-29/h1,6-8,13,16,19-20,26,28H,2-5,9-12,15H2. The van der Waals surface area contributed by atoms with E-state index >= 15 is 0 Å². The van der Waals surface area contributed by atoms with Crippen molar-refractivity contribution in [2.75, 3.05) is 31.2 Å². The first-order valence-corrected chi connectivity index (χ1v) is 12.7. The van der Waals surface area contributed by atoms with Crippen molar-refractivity contribution in [2.24, 2.45) is 0 Å². The van der Waals surface area contributed by atoms with Crippen LogP contribution < -0.4 is 14.9 Å². The summed E-state index contributed by atoms with van der Waals surface area (Å²) in [6.45, 7) is 3.32. The van der Waals surface area contributed by atoms with Crippen LogP contribution in [-0.4, -0.2) is 51.8 Å². The number of rotatable bonds is 7. The minimum absolute atomic E-state index is 0.0416. The number of nitrogens with zero attached hydrogens (tertiary/aromatic N) is 3. The van der Waals surface area contributed by atoms with Gasteiger partial charge in [-0.25, -0.2) is 22.5 Å². The number of halogens is 1. The fraction of sp³-hybridized carbons (Fsp3) is 0.478. The largest absolute Gasteiger partial charge is 0.378 e. The first kappa shape index (κ1) is 23.6. The third kappa shape index (κ3) is 6.06. The van der Waals surface area contributed by atoms with Gasteiger partial charge in [0, 0.05) is 37.9 Å². The summed E-state index contributed by atoms with van der Waals surface area (Å²) in [7, 11) is -3.63. The van der Waals surface area contributed by atoms with Gasteiger partial charge >= 0.3 is 0 Å². The Labute approximate surface area is 193 Å². The maximum Gasteiger partial charge on any atom is 0.242 e. The monoisotopic (exact) mass is 473 g/mol. The van der Waals surface area contributed by atoms with E-state index in [0.29, 0.717) is 19.8 Å². The Morgan fingerprint density at radius 2 is 1.85 bits per heavy atom. The quantitative estimate of drug-likeness (QED) is 0.635. The van der Waals surface area contributed by atoms with Crippen molar-refractivity contribution in [3.05, 3.63) is 53.5 Å². The number of aromatic nitrogens is 1. The minimum Gasteiger partial charge on any atom is -0.378 e. The molecule has 0 unspecified atom stereocenters. The molecule has 1 aromatic carbocycles. The molecular weight excluding hydrogens is 445 g/mol. The van der Waals surface area contributed by atoms with E-state index in [2.05, 4.69) is 19.9 Å². The Bertz CT molecular complexity index is 1090. The van der Waals surface area contributed by atoms with Gasteiger partial charge in [0.15, 0.2) is 0 Å². The first-order chi connectivity index (χ1) is 15.9. The molecule has 0 radical (unpaired) electrons. The second-order valence-electron chi connectivity index (χ2n) is 8.43. The number of sulfonamides is 1. The van der Waals surface area contributed by atoms with Crippen LogP contribution in [0, 0.1) is 17.1 Å². The number of ether oxygens (including phenoxy) is 1. The molecule has 2 N–H and O–H groups in total. The molecule has 1 saturated heterocycles. The van der Waals surface area contributed by atoms with Gasteiger partial charge in [0.2, 0.25) is 10.0 Å². The zero-order valence-corrected chi connectivity index (χ0v) is 19.2. The number of hydrogen-bond acceptors (Lipinski definition) is 7. The van der Waals surface area contributed by atoms with Crippen LogP contribution in [0.25, 0.3) is 0 Å². The predicted molar refractivity (Wildman–Crippen MR) is 122 cm³/mol. The number of pyridine rings is 1. The maximum atomic E-state index is 13.5. The lowest BCUT2D eigenvalue weighted by molar-refractivity contribution is 0.122. The number of anilines is 1.